The number of H-pyrrole nitrogens is 1. The van der Waals surface area contributed by atoms with Gasteiger partial charge < -0.3 is 16.3 Å². The Kier molecular flexibility index (Phi) is 3.69. The van der Waals surface area contributed by atoms with E-state index in [1.807, 2.05) is 26.0 Å². The van der Waals surface area contributed by atoms with Gasteiger partial charge >= 0.3 is 0 Å². The van der Waals surface area contributed by atoms with Crippen molar-refractivity contribution in [2.75, 3.05) is 5.32 Å². The van der Waals surface area contributed by atoms with Gasteiger partial charge in [-0.3, -0.25) is 9.89 Å². The number of benzene rings is 1. The third kappa shape index (κ3) is 2.46. The van der Waals surface area contributed by atoms with Gasteiger partial charge in [0.15, 0.2) is 5.84 Å². The number of amides is 1. The van der Waals surface area contributed by atoms with Crippen LogP contribution in [0.15, 0.2) is 29.6 Å². The Morgan fingerprint density at radius 3 is 2.85 bits per heavy atom. The fourth-order valence-electron chi connectivity index (χ4n) is 1.81. The Labute approximate surface area is 115 Å². The molecular weight excluding hydrogens is 258 g/mol. The SMILES string of the molecule is Cc1cccc(C(=O)Nc2[nH]ncc2C(N)=NO)c1C. The van der Waals surface area contributed by atoms with E-state index < -0.39 is 0 Å². The first-order valence-electron chi connectivity index (χ1n) is 5.93. The summed E-state index contributed by atoms with van der Waals surface area (Å²) in [4.78, 5) is 12.2. The third-order valence-electron chi connectivity index (χ3n) is 3.11. The van der Waals surface area contributed by atoms with E-state index in [2.05, 4.69) is 20.7 Å². The number of hydrogen-bond donors (Lipinski definition) is 4. The lowest BCUT2D eigenvalue weighted by atomic mass is 10.0. The van der Waals surface area contributed by atoms with E-state index >= 15 is 0 Å². The molecule has 0 aliphatic carbocycles. The summed E-state index contributed by atoms with van der Waals surface area (Å²) in [5, 5.41) is 20.6. The number of amidine groups is 1. The molecule has 2 rings (SSSR count). The van der Waals surface area contributed by atoms with E-state index in [9.17, 15) is 4.79 Å². The van der Waals surface area contributed by atoms with Crippen LogP contribution in [0.25, 0.3) is 0 Å². The van der Waals surface area contributed by atoms with Crippen molar-refractivity contribution in [1.29, 1.82) is 0 Å². The first-order chi connectivity index (χ1) is 9.54. The van der Waals surface area contributed by atoms with Gasteiger partial charge in [0.25, 0.3) is 5.91 Å². The number of aromatic amines is 1. The third-order valence-corrected chi connectivity index (χ3v) is 3.11. The number of rotatable bonds is 3. The molecule has 0 aliphatic rings. The summed E-state index contributed by atoms with van der Waals surface area (Å²) in [6.07, 6.45) is 1.37. The molecule has 7 heteroatoms. The molecule has 0 atom stereocenters. The summed E-state index contributed by atoms with van der Waals surface area (Å²) in [6, 6.07) is 5.48. The summed E-state index contributed by atoms with van der Waals surface area (Å²) in [5.41, 5.74) is 8.31. The standard InChI is InChI=1S/C13H15N5O2/c1-7-4-3-5-9(8(7)2)13(19)16-12-10(6-15-17-12)11(14)18-20/h3-6,20H,1-2H3,(H2,14,18)(H2,15,16,17,19). The van der Waals surface area contributed by atoms with Crippen LogP contribution < -0.4 is 11.1 Å². The molecule has 0 bridgehead atoms. The summed E-state index contributed by atoms with van der Waals surface area (Å²) in [6.45, 7) is 3.81. The van der Waals surface area contributed by atoms with Gasteiger partial charge in [0.05, 0.1) is 11.8 Å². The minimum absolute atomic E-state index is 0.130. The highest BCUT2D eigenvalue weighted by Gasteiger charge is 2.15. The molecule has 0 fully saturated rings. The topological polar surface area (TPSA) is 116 Å². The van der Waals surface area contributed by atoms with Gasteiger partial charge in [0.2, 0.25) is 0 Å². The summed E-state index contributed by atoms with van der Waals surface area (Å²) >= 11 is 0. The lowest BCUT2D eigenvalue weighted by molar-refractivity contribution is 0.102. The van der Waals surface area contributed by atoms with Crippen LogP contribution in [0.2, 0.25) is 0 Å². The van der Waals surface area contributed by atoms with Gasteiger partial charge in [-0.25, -0.2) is 0 Å². The van der Waals surface area contributed by atoms with Crippen LogP contribution in [-0.2, 0) is 0 Å². The number of carbonyl (C=O) groups excluding carboxylic acids is 1. The summed E-state index contributed by atoms with van der Waals surface area (Å²) < 4.78 is 0. The average molecular weight is 273 g/mol. The van der Waals surface area contributed by atoms with Crippen molar-refractivity contribution in [3.8, 4) is 0 Å². The van der Waals surface area contributed by atoms with Crippen molar-refractivity contribution >= 4 is 17.6 Å². The van der Waals surface area contributed by atoms with E-state index in [0.717, 1.165) is 11.1 Å². The maximum Gasteiger partial charge on any atom is 0.257 e. The van der Waals surface area contributed by atoms with Crippen LogP contribution in [-0.4, -0.2) is 27.1 Å². The molecule has 104 valence electrons. The monoisotopic (exact) mass is 273 g/mol. The number of nitrogens with two attached hydrogens (primary N) is 1. The number of carbonyl (C=O) groups is 1. The molecular formula is C13H15N5O2. The molecule has 1 heterocycles. The van der Waals surface area contributed by atoms with Crippen LogP contribution >= 0.6 is 0 Å². The van der Waals surface area contributed by atoms with E-state index in [1.165, 1.54) is 6.20 Å². The number of hydrogen-bond acceptors (Lipinski definition) is 4. The van der Waals surface area contributed by atoms with E-state index in [4.69, 9.17) is 10.9 Å². The second kappa shape index (κ2) is 5.43. The normalized spacial score (nSPS) is 11.4. The smallest absolute Gasteiger partial charge is 0.257 e. The Morgan fingerprint density at radius 1 is 1.40 bits per heavy atom. The number of anilines is 1. The molecule has 1 amide bonds. The average Bonchev–Trinajstić information content (AvgIpc) is 2.89. The Bertz CT molecular complexity index is 675. The maximum atomic E-state index is 12.2. The van der Waals surface area contributed by atoms with Gasteiger partial charge in [0, 0.05) is 5.56 Å². The molecule has 7 nitrogen and oxygen atoms in total. The summed E-state index contributed by atoms with van der Waals surface area (Å²) in [7, 11) is 0. The first kappa shape index (κ1) is 13.6. The lowest BCUT2D eigenvalue weighted by Gasteiger charge is -2.09. The van der Waals surface area contributed by atoms with Crippen LogP contribution in [0, 0.1) is 13.8 Å². The van der Waals surface area contributed by atoms with Gasteiger partial charge in [0.1, 0.15) is 5.82 Å². The van der Waals surface area contributed by atoms with Crippen molar-refractivity contribution in [3.63, 3.8) is 0 Å². The number of nitrogens with one attached hydrogen (secondary N) is 2. The first-order valence-corrected chi connectivity index (χ1v) is 5.93. The van der Waals surface area contributed by atoms with E-state index in [0.29, 0.717) is 11.1 Å². The molecule has 0 aliphatic heterocycles. The molecule has 5 N–H and O–H groups in total. The quantitative estimate of drug-likeness (QED) is 0.292. The predicted molar refractivity (Wildman–Crippen MR) is 75.0 cm³/mol. The molecule has 0 unspecified atom stereocenters. The second-order valence-corrected chi connectivity index (χ2v) is 4.35. The van der Waals surface area contributed by atoms with Crippen molar-refractivity contribution in [3.05, 3.63) is 46.6 Å². The molecule has 0 radical (unpaired) electrons. The van der Waals surface area contributed by atoms with Crippen molar-refractivity contribution in [1.82, 2.24) is 10.2 Å². The Morgan fingerprint density at radius 2 is 2.15 bits per heavy atom. The van der Waals surface area contributed by atoms with E-state index in [-0.39, 0.29) is 17.6 Å². The highest BCUT2D eigenvalue weighted by molar-refractivity contribution is 6.09. The van der Waals surface area contributed by atoms with Crippen LogP contribution in [0.5, 0.6) is 0 Å². The highest BCUT2D eigenvalue weighted by atomic mass is 16.4. The maximum absolute atomic E-state index is 12.2. The van der Waals surface area contributed by atoms with Crippen LogP contribution in [0.1, 0.15) is 27.0 Å². The Balaban J connectivity index is 2.29. The van der Waals surface area contributed by atoms with Crippen LogP contribution in [0.4, 0.5) is 5.82 Å². The molecule has 1 aromatic carbocycles. The van der Waals surface area contributed by atoms with Crippen LogP contribution in [0.3, 0.4) is 0 Å². The number of aryl methyl sites for hydroxylation is 1. The largest absolute Gasteiger partial charge is 0.409 e. The highest BCUT2D eigenvalue weighted by Crippen LogP contribution is 2.16. The fourth-order valence-corrected chi connectivity index (χ4v) is 1.81. The zero-order chi connectivity index (χ0) is 14.7. The number of aromatic nitrogens is 2. The molecule has 2 aromatic rings. The zero-order valence-corrected chi connectivity index (χ0v) is 11.1. The van der Waals surface area contributed by atoms with Crippen molar-refractivity contribution < 1.29 is 10.0 Å². The Hall–Kier alpha value is -2.83. The van der Waals surface area contributed by atoms with Gasteiger partial charge in [-0.15, -0.1) is 0 Å². The van der Waals surface area contributed by atoms with Gasteiger partial charge in [-0.1, -0.05) is 17.3 Å². The van der Waals surface area contributed by atoms with Gasteiger partial charge in [-0.05, 0) is 31.0 Å². The molecule has 0 spiro atoms. The second-order valence-electron chi connectivity index (χ2n) is 4.35. The molecule has 0 saturated heterocycles. The minimum atomic E-state index is -0.289. The van der Waals surface area contributed by atoms with Crippen molar-refractivity contribution in [2.45, 2.75) is 13.8 Å². The fraction of sp³-hybridized carbons (Fsp3) is 0.154. The van der Waals surface area contributed by atoms with Crippen molar-refractivity contribution in [2.24, 2.45) is 10.9 Å². The molecule has 1 aromatic heterocycles. The van der Waals surface area contributed by atoms with E-state index in [1.54, 1.807) is 6.07 Å². The van der Waals surface area contributed by atoms with Gasteiger partial charge in [-0.2, -0.15) is 5.10 Å². The lowest BCUT2D eigenvalue weighted by Crippen LogP contribution is -2.19. The minimum Gasteiger partial charge on any atom is -0.409 e. The zero-order valence-electron chi connectivity index (χ0n) is 11.1. The predicted octanol–water partition coefficient (Wildman–Crippen LogP) is 1.37. The molecule has 0 saturated carbocycles. The molecule has 20 heavy (non-hydrogen) atoms. The summed E-state index contributed by atoms with van der Waals surface area (Å²) in [5.74, 6) is -0.135. The number of nitrogens with zero attached hydrogens (tertiary/aromatic N) is 2. The number of oxime groups is 1.